The minimum atomic E-state index is -4.51. The van der Waals surface area contributed by atoms with Crippen LogP contribution in [0.3, 0.4) is 0 Å². The molecule has 0 spiro atoms. The molecule has 3 N–H and O–H groups in total. The summed E-state index contributed by atoms with van der Waals surface area (Å²) in [4.78, 5) is 0. The van der Waals surface area contributed by atoms with E-state index in [4.69, 9.17) is 10.4 Å². The van der Waals surface area contributed by atoms with Crippen LogP contribution in [-0.2, 0) is 6.18 Å². The van der Waals surface area contributed by atoms with Crippen LogP contribution in [0.2, 0.25) is 0 Å². The maximum atomic E-state index is 12.5. The second-order valence-corrected chi connectivity index (χ2v) is 4.38. The molecule has 0 saturated carbocycles. The lowest BCUT2D eigenvalue weighted by molar-refractivity contribution is -0.137. The van der Waals surface area contributed by atoms with E-state index in [1.165, 1.54) is 6.92 Å². The number of aliphatic hydroxyl groups excluding tert-OH is 1. The molecule has 0 amide bonds. The predicted octanol–water partition coefficient (Wildman–Crippen LogP) is 1.73. The second-order valence-electron chi connectivity index (χ2n) is 4.38. The number of anilines is 1. The molecule has 4 nitrogen and oxygen atoms in total. The molecular weight excluding hydrogens is 261 g/mol. The van der Waals surface area contributed by atoms with Gasteiger partial charge in [0.1, 0.15) is 11.7 Å². The van der Waals surface area contributed by atoms with Crippen molar-refractivity contribution in [3.63, 3.8) is 0 Å². The van der Waals surface area contributed by atoms with Gasteiger partial charge in [-0.25, -0.2) is 0 Å². The maximum Gasteiger partial charge on any atom is 0.416 e. The number of nitrogens with zero attached hydrogens (tertiary/aromatic N) is 1. The van der Waals surface area contributed by atoms with Gasteiger partial charge in [0, 0.05) is 6.54 Å². The smallest absolute Gasteiger partial charge is 0.393 e. The molecule has 7 heteroatoms. The Morgan fingerprint density at radius 1 is 1.37 bits per heavy atom. The van der Waals surface area contributed by atoms with Gasteiger partial charge in [-0.3, -0.25) is 0 Å². The Kier molecular flexibility index (Phi) is 4.39. The summed E-state index contributed by atoms with van der Waals surface area (Å²) in [6.07, 6.45) is -4.51. The molecule has 1 unspecified atom stereocenters. The predicted molar refractivity (Wildman–Crippen MR) is 62.4 cm³/mol. The van der Waals surface area contributed by atoms with Gasteiger partial charge in [-0.1, -0.05) is 0 Å². The second kappa shape index (κ2) is 5.47. The lowest BCUT2D eigenvalue weighted by Crippen LogP contribution is -2.37. The van der Waals surface area contributed by atoms with Gasteiger partial charge in [-0.2, -0.15) is 18.4 Å². The summed E-state index contributed by atoms with van der Waals surface area (Å²) in [6.45, 7) is 0.752. The SMILES string of the molecule is CC(O)(CO)CNc1ccc(C(F)(F)F)cc1C#N. The third kappa shape index (κ3) is 4.12. The van der Waals surface area contributed by atoms with Gasteiger partial charge in [0.2, 0.25) is 0 Å². The maximum absolute atomic E-state index is 12.5. The van der Waals surface area contributed by atoms with Crippen molar-refractivity contribution in [3.05, 3.63) is 29.3 Å². The van der Waals surface area contributed by atoms with Crippen LogP contribution in [0, 0.1) is 11.3 Å². The molecule has 19 heavy (non-hydrogen) atoms. The summed E-state index contributed by atoms with van der Waals surface area (Å²) < 4.78 is 37.4. The fraction of sp³-hybridized carbons (Fsp3) is 0.417. The number of rotatable bonds is 4. The van der Waals surface area contributed by atoms with Crippen LogP contribution in [0.1, 0.15) is 18.1 Å². The van der Waals surface area contributed by atoms with Crippen molar-refractivity contribution in [2.75, 3.05) is 18.5 Å². The van der Waals surface area contributed by atoms with E-state index in [2.05, 4.69) is 5.32 Å². The van der Waals surface area contributed by atoms with E-state index in [0.29, 0.717) is 0 Å². The average molecular weight is 274 g/mol. The first-order valence-corrected chi connectivity index (χ1v) is 5.38. The van der Waals surface area contributed by atoms with Gasteiger partial charge in [-0.05, 0) is 25.1 Å². The molecule has 1 aromatic carbocycles. The highest BCUT2D eigenvalue weighted by Gasteiger charge is 2.31. The first-order chi connectivity index (χ1) is 8.69. The molecule has 0 bridgehead atoms. The van der Waals surface area contributed by atoms with Crippen LogP contribution >= 0.6 is 0 Å². The fourth-order valence-corrected chi connectivity index (χ4v) is 1.31. The summed E-state index contributed by atoms with van der Waals surface area (Å²) in [5.74, 6) is 0. The topological polar surface area (TPSA) is 76.3 Å². The van der Waals surface area contributed by atoms with Gasteiger partial charge < -0.3 is 15.5 Å². The number of halogens is 3. The molecule has 0 aliphatic carbocycles. The number of benzene rings is 1. The quantitative estimate of drug-likeness (QED) is 0.781. The highest BCUT2D eigenvalue weighted by atomic mass is 19.4. The highest BCUT2D eigenvalue weighted by molar-refractivity contribution is 5.59. The third-order valence-corrected chi connectivity index (χ3v) is 2.47. The van der Waals surface area contributed by atoms with Crippen LogP contribution in [0.5, 0.6) is 0 Å². The molecule has 1 rings (SSSR count). The van der Waals surface area contributed by atoms with E-state index < -0.39 is 23.9 Å². The van der Waals surface area contributed by atoms with Gasteiger partial charge in [-0.15, -0.1) is 0 Å². The molecule has 0 aromatic heterocycles. The van der Waals surface area contributed by atoms with E-state index in [1.807, 2.05) is 0 Å². The summed E-state index contributed by atoms with van der Waals surface area (Å²) >= 11 is 0. The molecule has 1 aromatic rings. The van der Waals surface area contributed by atoms with Crippen LogP contribution in [0.25, 0.3) is 0 Å². The third-order valence-electron chi connectivity index (χ3n) is 2.47. The lowest BCUT2D eigenvalue weighted by Gasteiger charge is -2.22. The zero-order chi connectivity index (χ0) is 14.7. The van der Waals surface area contributed by atoms with Crippen molar-refractivity contribution in [2.45, 2.75) is 18.7 Å². The monoisotopic (exact) mass is 274 g/mol. The van der Waals surface area contributed by atoms with Crippen molar-refractivity contribution in [2.24, 2.45) is 0 Å². The normalized spacial score (nSPS) is 14.6. The van der Waals surface area contributed by atoms with Crippen molar-refractivity contribution >= 4 is 5.69 Å². The minimum absolute atomic E-state index is 0.0937. The summed E-state index contributed by atoms with van der Waals surface area (Å²) in [7, 11) is 0. The molecule has 0 aliphatic heterocycles. The van der Waals surface area contributed by atoms with E-state index in [0.717, 1.165) is 18.2 Å². The Balaban J connectivity index is 2.96. The van der Waals surface area contributed by atoms with E-state index in [9.17, 15) is 18.3 Å². The summed E-state index contributed by atoms with van der Waals surface area (Å²) in [5.41, 5.74) is -2.34. The number of nitriles is 1. The van der Waals surface area contributed by atoms with Gasteiger partial charge in [0.25, 0.3) is 0 Å². The van der Waals surface area contributed by atoms with E-state index in [1.54, 1.807) is 6.07 Å². The van der Waals surface area contributed by atoms with Crippen molar-refractivity contribution in [1.82, 2.24) is 0 Å². The standard InChI is InChI=1S/C12H13F3N2O2/c1-11(19,7-18)6-17-10-3-2-9(12(13,14)15)4-8(10)5-16/h2-4,17-19H,6-7H2,1H3. The van der Waals surface area contributed by atoms with E-state index in [-0.39, 0.29) is 17.8 Å². The molecule has 0 aliphatic rings. The number of alkyl halides is 3. The van der Waals surface area contributed by atoms with Gasteiger partial charge in [0.05, 0.1) is 23.4 Å². The zero-order valence-electron chi connectivity index (χ0n) is 10.1. The average Bonchev–Trinajstić information content (AvgIpc) is 2.35. The van der Waals surface area contributed by atoms with Crippen LogP contribution in [-0.4, -0.2) is 29.0 Å². The first kappa shape index (κ1) is 15.3. The molecule has 0 fully saturated rings. The van der Waals surface area contributed by atoms with Crippen LogP contribution < -0.4 is 5.32 Å². The van der Waals surface area contributed by atoms with E-state index >= 15 is 0 Å². The van der Waals surface area contributed by atoms with Gasteiger partial charge >= 0.3 is 6.18 Å². The number of nitrogens with one attached hydrogen (secondary N) is 1. The van der Waals surface area contributed by atoms with Crippen LogP contribution in [0.15, 0.2) is 18.2 Å². The Bertz CT molecular complexity index is 493. The van der Waals surface area contributed by atoms with Gasteiger partial charge in [0.15, 0.2) is 0 Å². The number of aliphatic hydroxyl groups is 2. The largest absolute Gasteiger partial charge is 0.416 e. The number of hydrogen-bond donors (Lipinski definition) is 3. The number of hydrogen-bond acceptors (Lipinski definition) is 4. The molecule has 0 heterocycles. The molecule has 0 radical (unpaired) electrons. The Morgan fingerprint density at radius 3 is 2.47 bits per heavy atom. The molecular formula is C12H13F3N2O2. The Labute approximate surface area is 108 Å². The molecule has 0 saturated heterocycles. The summed E-state index contributed by atoms with van der Waals surface area (Å²) in [5, 5.41) is 29.9. The Morgan fingerprint density at radius 2 is 2.00 bits per heavy atom. The van der Waals surface area contributed by atoms with Crippen molar-refractivity contribution < 1.29 is 23.4 Å². The Hall–Kier alpha value is -1.78. The zero-order valence-corrected chi connectivity index (χ0v) is 10.1. The molecule has 104 valence electrons. The first-order valence-electron chi connectivity index (χ1n) is 5.38. The molecule has 1 atom stereocenters. The minimum Gasteiger partial charge on any atom is -0.393 e. The fourth-order valence-electron chi connectivity index (χ4n) is 1.31. The summed E-state index contributed by atoms with van der Waals surface area (Å²) in [6, 6.07) is 4.35. The lowest BCUT2D eigenvalue weighted by atomic mass is 10.1. The highest BCUT2D eigenvalue weighted by Crippen LogP contribution is 2.31. The van der Waals surface area contributed by atoms with Crippen molar-refractivity contribution in [3.8, 4) is 6.07 Å². The van der Waals surface area contributed by atoms with Crippen molar-refractivity contribution in [1.29, 1.82) is 5.26 Å². The van der Waals surface area contributed by atoms with Crippen LogP contribution in [0.4, 0.5) is 18.9 Å².